The lowest BCUT2D eigenvalue weighted by molar-refractivity contribution is -0.146. The van der Waals surface area contributed by atoms with Crippen LogP contribution < -0.4 is 0 Å². The molecule has 0 radical (unpaired) electrons. The van der Waals surface area contributed by atoms with E-state index < -0.39 is 21.2 Å². The van der Waals surface area contributed by atoms with Gasteiger partial charge in [0.25, 0.3) is 0 Å². The Hall–Kier alpha value is -1.50. The molecule has 1 aliphatic rings. The lowest BCUT2D eigenvalue weighted by Gasteiger charge is -2.23. The van der Waals surface area contributed by atoms with Gasteiger partial charge in [-0.05, 0) is 39.2 Å². The van der Waals surface area contributed by atoms with Crippen LogP contribution >= 0.6 is 0 Å². The summed E-state index contributed by atoms with van der Waals surface area (Å²) in [6.45, 7) is 5.19. The second-order valence-electron chi connectivity index (χ2n) is 5.94. The lowest BCUT2D eigenvalue weighted by atomic mass is 9.87. The van der Waals surface area contributed by atoms with Crippen molar-refractivity contribution >= 4 is 15.8 Å². The molecule has 0 spiro atoms. The fraction of sp³-hybridized carbons (Fsp3) is 0.643. The molecule has 1 aromatic heterocycles. The highest BCUT2D eigenvalue weighted by molar-refractivity contribution is 7.91. The first kappa shape index (κ1) is 15.9. The van der Waals surface area contributed by atoms with Gasteiger partial charge in [0, 0.05) is 6.20 Å². The third kappa shape index (κ3) is 3.23. The largest absolute Gasteiger partial charge is 0.468 e. The summed E-state index contributed by atoms with van der Waals surface area (Å²) in [7, 11) is -1.86. The van der Waals surface area contributed by atoms with Crippen LogP contribution in [0.4, 0.5) is 0 Å². The number of nitrogens with zero attached hydrogens (tertiary/aromatic N) is 2. The van der Waals surface area contributed by atoms with Crippen LogP contribution in [0.2, 0.25) is 0 Å². The van der Waals surface area contributed by atoms with Crippen molar-refractivity contribution in [2.45, 2.75) is 50.0 Å². The Morgan fingerprint density at radius 2 is 2.05 bits per heavy atom. The average molecular weight is 312 g/mol. The van der Waals surface area contributed by atoms with E-state index in [2.05, 4.69) is 9.97 Å². The molecule has 0 unspecified atom stereocenters. The van der Waals surface area contributed by atoms with Crippen LogP contribution in [0.1, 0.15) is 43.8 Å². The monoisotopic (exact) mass is 312 g/mol. The van der Waals surface area contributed by atoms with E-state index in [9.17, 15) is 13.2 Å². The highest BCUT2D eigenvalue weighted by Crippen LogP contribution is 2.31. The average Bonchev–Trinajstić information content (AvgIpc) is 3.24. The zero-order valence-electron chi connectivity index (χ0n) is 12.7. The van der Waals surface area contributed by atoms with E-state index in [0.717, 1.165) is 5.56 Å². The highest BCUT2D eigenvalue weighted by Gasteiger charge is 2.38. The molecular weight excluding hydrogens is 292 g/mol. The minimum absolute atomic E-state index is 0.178. The zero-order valence-corrected chi connectivity index (χ0v) is 13.5. The van der Waals surface area contributed by atoms with Crippen molar-refractivity contribution in [2.75, 3.05) is 7.11 Å². The van der Waals surface area contributed by atoms with Crippen LogP contribution in [0.5, 0.6) is 0 Å². The third-order valence-corrected chi connectivity index (χ3v) is 5.82. The zero-order chi connectivity index (χ0) is 15.8. The molecule has 0 bridgehead atoms. The summed E-state index contributed by atoms with van der Waals surface area (Å²) in [6.07, 6.45) is 2.99. The summed E-state index contributed by atoms with van der Waals surface area (Å²) in [5.41, 5.74) is 0.295. The number of aromatic nitrogens is 2. The van der Waals surface area contributed by atoms with Gasteiger partial charge in [-0.25, -0.2) is 18.4 Å². The fourth-order valence-corrected chi connectivity index (χ4v) is 3.85. The minimum atomic E-state index is -3.18. The van der Waals surface area contributed by atoms with Gasteiger partial charge in [-0.15, -0.1) is 0 Å². The van der Waals surface area contributed by atoms with Crippen molar-refractivity contribution < 1.29 is 17.9 Å². The van der Waals surface area contributed by atoms with Gasteiger partial charge in [0.2, 0.25) is 0 Å². The first-order chi connectivity index (χ1) is 9.68. The molecule has 0 N–H and O–H groups in total. The van der Waals surface area contributed by atoms with Crippen LogP contribution in [0.3, 0.4) is 0 Å². The molecule has 1 fully saturated rings. The van der Waals surface area contributed by atoms with Crippen LogP contribution in [-0.4, -0.2) is 36.7 Å². The number of methoxy groups -OCH3 is 1. The SMILES string of the molecule is COC(=O)C(C)(C)c1nc(CS(=O)(=O)C2CC2)ncc1C. The van der Waals surface area contributed by atoms with E-state index in [1.807, 2.05) is 0 Å². The smallest absolute Gasteiger partial charge is 0.317 e. The second-order valence-corrected chi connectivity index (χ2v) is 8.22. The van der Waals surface area contributed by atoms with E-state index in [1.165, 1.54) is 7.11 Å². The number of carbonyl (C=O) groups excluding carboxylic acids is 1. The topological polar surface area (TPSA) is 86.2 Å². The van der Waals surface area contributed by atoms with Gasteiger partial charge in [-0.2, -0.15) is 0 Å². The molecule has 1 aliphatic carbocycles. The molecule has 1 aromatic rings. The van der Waals surface area contributed by atoms with Crippen molar-refractivity contribution in [1.29, 1.82) is 0 Å². The summed E-state index contributed by atoms with van der Waals surface area (Å²) in [5, 5.41) is -0.250. The number of esters is 1. The first-order valence-corrected chi connectivity index (χ1v) is 8.53. The number of rotatable bonds is 5. The number of carbonyl (C=O) groups is 1. The van der Waals surface area contributed by atoms with E-state index in [0.29, 0.717) is 18.5 Å². The van der Waals surface area contributed by atoms with Gasteiger partial charge < -0.3 is 4.74 Å². The Bertz CT molecular complexity index is 664. The first-order valence-electron chi connectivity index (χ1n) is 6.81. The van der Waals surface area contributed by atoms with Crippen LogP contribution in [0, 0.1) is 6.92 Å². The Morgan fingerprint density at radius 1 is 1.43 bits per heavy atom. The lowest BCUT2D eigenvalue weighted by Crippen LogP contribution is -2.33. The van der Waals surface area contributed by atoms with Crippen molar-refractivity contribution in [3.63, 3.8) is 0 Å². The van der Waals surface area contributed by atoms with Crippen molar-refractivity contribution in [3.05, 3.63) is 23.3 Å². The molecular formula is C14H20N2O4S. The third-order valence-electron chi connectivity index (χ3n) is 3.67. The maximum Gasteiger partial charge on any atom is 0.317 e. The van der Waals surface area contributed by atoms with E-state index in [1.54, 1.807) is 27.0 Å². The van der Waals surface area contributed by atoms with E-state index >= 15 is 0 Å². The van der Waals surface area contributed by atoms with E-state index in [-0.39, 0.29) is 16.8 Å². The highest BCUT2D eigenvalue weighted by atomic mass is 32.2. The molecule has 1 heterocycles. The summed E-state index contributed by atoms with van der Waals surface area (Å²) in [5.74, 6) is -0.359. The van der Waals surface area contributed by atoms with Crippen molar-refractivity contribution in [2.24, 2.45) is 0 Å². The Kier molecular flexibility index (Phi) is 4.06. The summed E-state index contributed by atoms with van der Waals surface area (Å²) in [6, 6.07) is 0. The summed E-state index contributed by atoms with van der Waals surface area (Å²) < 4.78 is 28.8. The van der Waals surface area contributed by atoms with Gasteiger partial charge in [0.15, 0.2) is 9.84 Å². The Labute approximate surface area is 124 Å². The molecule has 21 heavy (non-hydrogen) atoms. The Morgan fingerprint density at radius 3 is 2.57 bits per heavy atom. The quantitative estimate of drug-likeness (QED) is 0.762. The molecule has 0 saturated heterocycles. The van der Waals surface area contributed by atoms with Gasteiger partial charge in [-0.3, -0.25) is 4.79 Å². The second kappa shape index (κ2) is 5.36. The normalized spacial score (nSPS) is 15.8. The standard InChI is InChI=1S/C14H20N2O4S/c1-9-7-15-11(8-21(18,19)10-5-6-10)16-12(9)14(2,3)13(17)20-4/h7,10H,5-6,8H2,1-4H3. The summed E-state index contributed by atoms with van der Waals surface area (Å²) in [4.78, 5) is 20.3. The number of sulfone groups is 1. The van der Waals surface area contributed by atoms with E-state index in [4.69, 9.17) is 4.74 Å². The minimum Gasteiger partial charge on any atom is -0.468 e. The number of ether oxygens (including phenoxy) is 1. The van der Waals surface area contributed by atoms with Gasteiger partial charge in [0.1, 0.15) is 17.0 Å². The molecule has 0 atom stereocenters. The molecule has 7 heteroatoms. The van der Waals surface area contributed by atoms with Gasteiger partial charge >= 0.3 is 5.97 Å². The van der Waals surface area contributed by atoms with Crippen LogP contribution in [0.25, 0.3) is 0 Å². The maximum atomic E-state index is 12.0. The molecule has 1 saturated carbocycles. The van der Waals surface area contributed by atoms with Crippen molar-refractivity contribution in [3.8, 4) is 0 Å². The molecule has 0 amide bonds. The molecule has 0 aromatic carbocycles. The van der Waals surface area contributed by atoms with Gasteiger partial charge in [-0.1, -0.05) is 0 Å². The fourth-order valence-electron chi connectivity index (χ4n) is 2.26. The number of hydrogen-bond acceptors (Lipinski definition) is 6. The Balaban J connectivity index is 2.35. The van der Waals surface area contributed by atoms with Crippen LogP contribution in [0.15, 0.2) is 6.20 Å². The molecule has 2 rings (SSSR count). The van der Waals surface area contributed by atoms with Gasteiger partial charge in [0.05, 0.1) is 18.1 Å². The van der Waals surface area contributed by atoms with Crippen molar-refractivity contribution in [1.82, 2.24) is 9.97 Å². The molecule has 0 aliphatic heterocycles. The number of hydrogen-bond donors (Lipinski definition) is 0. The van der Waals surface area contributed by atoms with Crippen LogP contribution in [-0.2, 0) is 30.5 Å². The number of aryl methyl sites for hydroxylation is 1. The summed E-state index contributed by atoms with van der Waals surface area (Å²) >= 11 is 0. The maximum absolute atomic E-state index is 12.0. The predicted molar refractivity (Wildman–Crippen MR) is 77.5 cm³/mol. The molecule has 116 valence electrons. The molecule has 6 nitrogen and oxygen atoms in total. The predicted octanol–water partition coefficient (Wildman–Crippen LogP) is 1.31.